The van der Waals surface area contributed by atoms with Crippen molar-refractivity contribution in [2.75, 3.05) is 47.3 Å². The van der Waals surface area contributed by atoms with Crippen LogP contribution >= 0.6 is 15.9 Å². The van der Waals surface area contributed by atoms with Crippen molar-refractivity contribution < 1.29 is 9.21 Å². The summed E-state index contributed by atoms with van der Waals surface area (Å²) < 4.78 is 5.74. The number of likely N-dealkylation sites (N-methyl/N-ethyl adjacent to an activating group) is 1. The smallest absolute Gasteiger partial charge is 0.258 e. The van der Waals surface area contributed by atoms with E-state index in [2.05, 4.69) is 32.8 Å². The number of likely N-dealkylation sites (tertiary alicyclic amines) is 1. The second kappa shape index (κ2) is 7.42. The van der Waals surface area contributed by atoms with Crippen molar-refractivity contribution in [1.29, 1.82) is 0 Å². The molecule has 1 aromatic heterocycles. The minimum atomic E-state index is 0.0621. The largest absolute Gasteiger partial charge is 0.457 e. The van der Waals surface area contributed by atoms with Crippen LogP contribution in [0.3, 0.4) is 0 Å². The Morgan fingerprint density at radius 1 is 1.38 bits per heavy atom. The van der Waals surface area contributed by atoms with Gasteiger partial charge in [-0.1, -0.05) is 0 Å². The molecule has 1 saturated heterocycles. The molecule has 0 radical (unpaired) electrons. The molecule has 1 aromatic rings. The number of hydrogen-bond donors (Lipinski definition) is 0. The quantitative estimate of drug-likeness (QED) is 0.809. The number of amides is 1. The van der Waals surface area contributed by atoms with Gasteiger partial charge in [0, 0.05) is 19.1 Å². The first-order chi connectivity index (χ1) is 9.99. The van der Waals surface area contributed by atoms with Gasteiger partial charge >= 0.3 is 0 Å². The Labute approximate surface area is 135 Å². The summed E-state index contributed by atoms with van der Waals surface area (Å²) in [6, 6.07) is 2.06. The third kappa shape index (κ3) is 4.31. The van der Waals surface area contributed by atoms with Gasteiger partial charge in [-0.05, 0) is 69.1 Å². The standard InChI is InChI=1S/C15H24BrN3O2/c1-17(2)9-10-19(12-4-7-18(3)8-5-12)15(20)13-6-11-21-14(13)16/h6,11-12H,4-5,7-10H2,1-3H3. The van der Waals surface area contributed by atoms with E-state index in [0.29, 0.717) is 16.3 Å². The molecule has 1 aliphatic heterocycles. The van der Waals surface area contributed by atoms with Crippen LogP contribution in [0.4, 0.5) is 0 Å². The Bertz CT molecular complexity index is 467. The fraction of sp³-hybridized carbons (Fsp3) is 0.667. The number of halogens is 1. The van der Waals surface area contributed by atoms with Crippen molar-refractivity contribution in [2.24, 2.45) is 0 Å². The summed E-state index contributed by atoms with van der Waals surface area (Å²) in [5, 5.41) is 0. The van der Waals surface area contributed by atoms with Crippen LogP contribution < -0.4 is 0 Å². The molecule has 1 fully saturated rings. The molecule has 118 valence electrons. The topological polar surface area (TPSA) is 39.9 Å². The number of furan rings is 1. The molecular weight excluding hydrogens is 334 g/mol. The lowest BCUT2D eigenvalue weighted by atomic mass is 10.0. The van der Waals surface area contributed by atoms with Crippen LogP contribution in [-0.2, 0) is 0 Å². The average Bonchev–Trinajstić information content (AvgIpc) is 2.86. The minimum Gasteiger partial charge on any atom is -0.457 e. The monoisotopic (exact) mass is 357 g/mol. The zero-order valence-electron chi connectivity index (χ0n) is 13.0. The first-order valence-corrected chi connectivity index (χ1v) is 8.15. The molecule has 6 heteroatoms. The SMILES string of the molecule is CN(C)CCN(C(=O)c1ccoc1Br)C1CCN(C)CC1. The van der Waals surface area contributed by atoms with Crippen LogP contribution in [-0.4, -0.2) is 74.0 Å². The lowest BCUT2D eigenvalue weighted by Gasteiger charge is -2.37. The Morgan fingerprint density at radius 2 is 2.05 bits per heavy atom. The van der Waals surface area contributed by atoms with Crippen LogP contribution in [0.15, 0.2) is 21.4 Å². The highest BCUT2D eigenvalue weighted by Gasteiger charge is 2.29. The van der Waals surface area contributed by atoms with Crippen molar-refractivity contribution in [3.63, 3.8) is 0 Å². The van der Waals surface area contributed by atoms with Crippen LogP contribution in [0.2, 0.25) is 0 Å². The summed E-state index contributed by atoms with van der Waals surface area (Å²) in [5.74, 6) is 0.0621. The zero-order valence-corrected chi connectivity index (χ0v) is 14.6. The van der Waals surface area contributed by atoms with E-state index >= 15 is 0 Å². The third-order valence-electron chi connectivity index (χ3n) is 4.03. The molecule has 1 aliphatic rings. The molecule has 0 atom stereocenters. The van der Waals surface area contributed by atoms with Crippen molar-refractivity contribution in [1.82, 2.24) is 14.7 Å². The molecule has 5 nitrogen and oxygen atoms in total. The second-order valence-corrected chi connectivity index (χ2v) is 6.66. The van der Waals surface area contributed by atoms with E-state index in [9.17, 15) is 4.79 Å². The van der Waals surface area contributed by atoms with Crippen LogP contribution in [0, 0.1) is 0 Å². The van der Waals surface area contributed by atoms with Gasteiger partial charge in [-0.3, -0.25) is 4.79 Å². The summed E-state index contributed by atoms with van der Waals surface area (Å²) >= 11 is 3.32. The highest BCUT2D eigenvalue weighted by atomic mass is 79.9. The van der Waals surface area contributed by atoms with Gasteiger partial charge in [-0.2, -0.15) is 0 Å². The molecule has 0 saturated carbocycles. The number of rotatable bonds is 5. The number of piperidine rings is 1. The van der Waals surface area contributed by atoms with Crippen molar-refractivity contribution >= 4 is 21.8 Å². The average molecular weight is 358 g/mol. The van der Waals surface area contributed by atoms with Gasteiger partial charge in [-0.15, -0.1) is 0 Å². The summed E-state index contributed by atoms with van der Waals surface area (Å²) in [6.45, 7) is 3.71. The van der Waals surface area contributed by atoms with Gasteiger partial charge in [0.05, 0.1) is 11.8 Å². The molecule has 0 aliphatic carbocycles. The van der Waals surface area contributed by atoms with Crippen molar-refractivity contribution in [2.45, 2.75) is 18.9 Å². The maximum absolute atomic E-state index is 12.8. The van der Waals surface area contributed by atoms with Crippen LogP contribution in [0.1, 0.15) is 23.2 Å². The maximum Gasteiger partial charge on any atom is 0.258 e. The fourth-order valence-electron chi connectivity index (χ4n) is 2.67. The number of carbonyl (C=O) groups is 1. The number of nitrogens with zero attached hydrogens (tertiary/aromatic N) is 3. The highest BCUT2D eigenvalue weighted by Crippen LogP contribution is 2.23. The minimum absolute atomic E-state index is 0.0621. The predicted molar refractivity (Wildman–Crippen MR) is 86.5 cm³/mol. The Hall–Kier alpha value is -0.850. The van der Waals surface area contributed by atoms with E-state index < -0.39 is 0 Å². The lowest BCUT2D eigenvalue weighted by molar-refractivity contribution is 0.0572. The molecule has 0 N–H and O–H groups in total. The molecule has 0 spiro atoms. The molecule has 21 heavy (non-hydrogen) atoms. The van der Waals surface area contributed by atoms with E-state index in [1.54, 1.807) is 12.3 Å². The van der Waals surface area contributed by atoms with E-state index in [1.165, 1.54) is 0 Å². The molecule has 0 aromatic carbocycles. The van der Waals surface area contributed by atoms with E-state index in [4.69, 9.17) is 4.42 Å². The molecule has 2 rings (SSSR count). The zero-order chi connectivity index (χ0) is 15.4. The summed E-state index contributed by atoms with van der Waals surface area (Å²) in [6.07, 6.45) is 3.62. The van der Waals surface area contributed by atoms with Gasteiger partial charge in [0.1, 0.15) is 0 Å². The predicted octanol–water partition coefficient (Wildman–Crippen LogP) is 2.14. The van der Waals surface area contributed by atoms with Gasteiger partial charge < -0.3 is 19.1 Å². The van der Waals surface area contributed by atoms with Crippen molar-refractivity contribution in [3.8, 4) is 0 Å². The molecule has 0 bridgehead atoms. The van der Waals surface area contributed by atoms with E-state index in [0.717, 1.165) is 39.0 Å². The first kappa shape index (κ1) is 16.5. The van der Waals surface area contributed by atoms with E-state index in [1.807, 2.05) is 19.0 Å². The first-order valence-electron chi connectivity index (χ1n) is 7.36. The van der Waals surface area contributed by atoms with Crippen LogP contribution in [0.5, 0.6) is 0 Å². The Morgan fingerprint density at radius 3 is 2.57 bits per heavy atom. The number of hydrogen-bond acceptors (Lipinski definition) is 4. The molecule has 1 amide bonds. The van der Waals surface area contributed by atoms with Crippen LogP contribution in [0.25, 0.3) is 0 Å². The number of carbonyl (C=O) groups excluding carboxylic acids is 1. The summed E-state index contributed by atoms with van der Waals surface area (Å²) in [4.78, 5) is 19.3. The van der Waals surface area contributed by atoms with E-state index in [-0.39, 0.29) is 5.91 Å². The second-order valence-electron chi connectivity index (χ2n) is 5.94. The molecular formula is C15H24BrN3O2. The molecule has 0 unspecified atom stereocenters. The van der Waals surface area contributed by atoms with Gasteiger partial charge in [0.25, 0.3) is 5.91 Å². The summed E-state index contributed by atoms with van der Waals surface area (Å²) in [5.41, 5.74) is 0.618. The lowest BCUT2D eigenvalue weighted by Crippen LogP contribution is -2.48. The van der Waals surface area contributed by atoms with Gasteiger partial charge in [0.2, 0.25) is 0 Å². The Balaban J connectivity index is 2.11. The van der Waals surface area contributed by atoms with Gasteiger partial charge in [-0.25, -0.2) is 0 Å². The normalized spacial score (nSPS) is 17.4. The van der Waals surface area contributed by atoms with Crippen molar-refractivity contribution in [3.05, 3.63) is 22.6 Å². The molecule has 2 heterocycles. The highest BCUT2D eigenvalue weighted by molar-refractivity contribution is 9.10. The van der Waals surface area contributed by atoms with Gasteiger partial charge in [0.15, 0.2) is 4.67 Å². The fourth-order valence-corrected chi connectivity index (χ4v) is 3.07. The third-order valence-corrected chi connectivity index (χ3v) is 4.64. The maximum atomic E-state index is 12.8. The summed E-state index contributed by atoms with van der Waals surface area (Å²) in [7, 11) is 6.20. The Kier molecular flexibility index (Phi) is 5.84.